The van der Waals surface area contributed by atoms with E-state index in [1.165, 1.54) is 60.1 Å². The van der Waals surface area contributed by atoms with Crippen LogP contribution in [-0.2, 0) is 32.2 Å². The van der Waals surface area contributed by atoms with E-state index in [0.717, 1.165) is 64.2 Å². The summed E-state index contributed by atoms with van der Waals surface area (Å²) in [5, 5.41) is 42.1. The van der Waals surface area contributed by atoms with Gasteiger partial charge in [0.2, 0.25) is 0 Å². The number of imidazole rings is 2. The number of phosphoric acid groups is 1. The minimum atomic E-state index is -4.43. The van der Waals surface area contributed by atoms with Gasteiger partial charge in [-0.15, -0.1) is 0 Å². The molecule has 23 nitrogen and oxygen atoms in total. The Balaban J connectivity index is 0.705. The Morgan fingerprint density at radius 2 is 0.952 bits per heavy atom. The third-order valence-electron chi connectivity index (χ3n) is 11.4. The van der Waals surface area contributed by atoms with E-state index >= 15 is 0 Å². The predicted molar refractivity (Wildman–Crippen MR) is 224 cm³/mol. The van der Waals surface area contributed by atoms with E-state index in [9.17, 15) is 48.9 Å². The number of aromatic amines is 2. The van der Waals surface area contributed by atoms with E-state index in [4.69, 9.17) is 23.0 Å². The number of aromatic nitrogens is 8. The molecule has 352 valence electrons. The molecule has 6 rings (SSSR count). The summed E-state index contributed by atoms with van der Waals surface area (Å²) in [5.74, 6) is 0. The molecule has 0 aromatic carbocycles. The van der Waals surface area contributed by atoms with Gasteiger partial charge >= 0.3 is 15.4 Å². The summed E-state index contributed by atoms with van der Waals surface area (Å²) in [6.45, 7) is -0.873. The number of hydrogen-bond acceptors (Lipinski definition) is 17. The summed E-state index contributed by atoms with van der Waals surface area (Å²) in [4.78, 5) is 65.2. The van der Waals surface area contributed by atoms with E-state index in [1.807, 2.05) is 0 Å². The lowest BCUT2D eigenvalue weighted by atomic mass is 10.0. The fraction of sp³-hybridized carbons (Fsp3) is 0.737. The molecular weight excluding hydrogens is 870 g/mol. The third kappa shape index (κ3) is 13.4. The lowest BCUT2D eigenvalue weighted by Gasteiger charge is -2.18. The highest BCUT2D eigenvalue weighted by atomic mass is 31.2. The number of hydrogen-bond donors (Lipinski definition) is 8. The summed E-state index contributed by atoms with van der Waals surface area (Å²) < 4.78 is 54.5. The zero-order chi connectivity index (χ0) is 45.0. The van der Waals surface area contributed by atoms with Gasteiger partial charge in [-0.2, -0.15) is 0 Å². The molecule has 2 saturated heterocycles. The average Bonchev–Trinajstić information content (AvgIpc) is 4.02. The van der Waals surface area contributed by atoms with Gasteiger partial charge in [-0.1, -0.05) is 89.9 Å². The summed E-state index contributed by atoms with van der Waals surface area (Å²) >= 11 is 0. The third-order valence-corrected chi connectivity index (χ3v) is 13.8. The van der Waals surface area contributed by atoms with Crippen LogP contribution in [0.1, 0.15) is 115 Å². The monoisotopic (exact) mass is 930 g/mol. The largest absolute Gasteiger partial charge is 0.472 e. The van der Waals surface area contributed by atoms with Gasteiger partial charge in [-0.05, 0) is 12.8 Å². The number of aliphatic hydroxyl groups excluding tert-OH is 4. The molecular formula is C38H60N8O15P2. The molecule has 8 N–H and O–H groups in total. The van der Waals surface area contributed by atoms with Gasteiger partial charge in [-0.25, -0.2) is 24.5 Å². The first-order chi connectivity index (χ1) is 30.3. The molecule has 10 atom stereocenters. The highest BCUT2D eigenvalue weighted by molar-refractivity contribution is 7.52. The zero-order valence-corrected chi connectivity index (χ0v) is 36.8. The summed E-state index contributed by atoms with van der Waals surface area (Å²) in [7, 11) is -8.36. The van der Waals surface area contributed by atoms with Crippen molar-refractivity contribution in [2.75, 3.05) is 26.0 Å². The smallest absolute Gasteiger partial charge is 0.387 e. The van der Waals surface area contributed by atoms with Crippen molar-refractivity contribution in [3.63, 3.8) is 0 Å². The van der Waals surface area contributed by atoms with Crippen molar-refractivity contribution in [1.82, 2.24) is 39.0 Å². The molecule has 0 spiro atoms. The van der Waals surface area contributed by atoms with Crippen LogP contribution in [0.15, 0.2) is 34.9 Å². The van der Waals surface area contributed by atoms with Crippen LogP contribution in [0.5, 0.6) is 0 Å². The van der Waals surface area contributed by atoms with Crippen molar-refractivity contribution in [3.05, 3.63) is 46.0 Å². The van der Waals surface area contributed by atoms with Crippen LogP contribution >= 0.6 is 15.4 Å². The standard InChI is InChI=1S/C38H60N8O15P2/c47-29-25(60-37(31(29)49)45-23-43-27-33(45)39-21-41-35(27)51)19-58-62(53,54)18-16-14-12-10-8-6-4-2-1-3-5-7-9-11-13-15-17-57-63(55,56)59-20-26-30(48)32(50)38(61-26)46-24-44-28-34(46)40-22-42-36(28)52/h21-26,29-32,37-38,47-50H,1-20H2,(H,53,54)(H,55,56)(H,39,41,51)(H,40,42,52)/t25-,26-,29-,30-,31-,32-,37-,38-/m1/s1. The second kappa shape index (κ2) is 23.3. The van der Waals surface area contributed by atoms with Crippen molar-refractivity contribution in [3.8, 4) is 0 Å². The van der Waals surface area contributed by atoms with Crippen LogP contribution in [0.3, 0.4) is 0 Å². The summed E-state index contributed by atoms with van der Waals surface area (Å²) in [6, 6.07) is 0. The van der Waals surface area contributed by atoms with Gasteiger partial charge < -0.3 is 54.2 Å². The number of fused-ring (bicyclic) bond motifs is 2. The highest BCUT2D eigenvalue weighted by Crippen LogP contribution is 2.45. The van der Waals surface area contributed by atoms with Gasteiger partial charge in [0.05, 0.1) is 45.1 Å². The molecule has 2 fully saturated rings. The molecule has 0 bridgehead atoms. The number of aliphatic hydroxyl groups is 4. The van der Waals surface area contributed by atoms with Crippen molar-refractivity contribution in [2.45, 2.75) is 152 Å². The van der Waals surface area contributed by atoms with Crippen molar-refractivity contribution in [1.29, 1.82) is 0 Å². The normalized spacial score (nSPS) is 25.9. The second-order valence-electron chi connectivity index (χ2n) is 16.1. The number of nitrogens with zero attached hydrogens (tertiary/aromatic N) is 6. The van der Waals surface area contributed by atoms with Gasteiger partial charge in [0, 0.05) is 6.16 Å². The Morgan fingerprint density at radius 1 is 0.556 bits per heavy atom. The maximum Gasteiger partial charge on any atom is 0.472 e. The Morgan fingerprint density at radius 3 is 1.40 bits per heavy atom. The Kier molecular flexibility index (Phi) is 18.1. The first kappa shape index (κ1) is 49.2. The number of H-pyrrole nitrogens is 2. The van der Waals surface area contributed by atoms with Crippen molar-refractivity contribution in [2.24, 2.45) is 0 Å². The van der Waals surface area contributed by atoms with Crippen molar-refractivity contribution >= 4 is 37.7 Å². The molecule has 4 aromatic heterocycles. The average molecular weight is 931 g/mol. The zero-order valence-electron chi connectivity index (χ0n) is 35.0. The molecule has 0 radical (unpaired) electrons. The molecule has 0 saturated carbocycles. The molecule has 0 aliphatic carbocycles. The molecule has 6 heterocycles. The molecule has 2 unspecified atom stereocenters. The molecule has 63 heavy (non-hydrogen) atoms. The van der Waals surface area contributed by atoms with Gasteiger partial charge in [0.1, 0.15) is 36.6 Å². The first-order valence-corrected chi connectivity index (χ1v) is 24.9. The minimum absolute atomic E-state index is 0.0186. The fourth-order valence-electron chi connectivity index (χ4n) is 7.82. The molecule has 0 amide bonds. The van der Waals surface area contributed by atoms with Gasteiger partial charge in [0.15, 0.2) is 34.8 Å². The van der Waals surface area contributed by atoms with Gasteiger partial charge in [0.25, 0.3) is 11.1 Å². The van der Waals surface area contributed by atoms with Crippen LogP contribution in [0, 0.1) is 0 Å². The van der Waals surface area contributed by atoms with E-state index in [-0.39, 0.29) is 35.1 Å². The maximum absolute atomic E-state index is 12.6. The number of nitrogens with one attached hydrogen (secondary N) is 2. The SMILES string of the molecule is O=c1[nH]cnc2c1ncn2[C@@H]1O[C@H](COP(=O)(O)CCCCCCCCCCCCCCCCCCOP(=O)(O)OC[C@H]2O[C@@H](n3cnc4c(=O)[nH]cnc43)[C@H](O)[C@@H]2O)[C@@H](O)[C@H]1O. The van der Waals surface area contributed by atoms with Crippen LogP contribution < -0.4 is 11.1 Å². The minimum Gasteiger partial charge on any atom is -0.387 e. The molecule has 2 aliphatic heterocycles. The van der Waals surface area contributed by atoms with Crippen LogP contribution in [0.25, 0.3) is 22.3 Å². The molecule has 2 aliphatic rings. The predicted octanol–water partition coefficient (Wildman–Crippen LogP) is 3.07. The van der Waals surface area contributed by atoms with Crippen LogP contribution in [0.4, 0.5) is 0 Å². The van der Waals surface area contributed by atoms with Gasteiger partial charge in [-0.3, -0.25) is 32.3 Å². The van der Waals surface area contributed by atoms with Crippen LogP contribution in [-0.4, -0.2) is 132 Å². The number of rotatable bonds is 28. The number of unbranched alkanes of at least 4 members (excludes halogenated alkanes) is 15. The Labute approximate surface area is 362 Å². The molecule has 25 heteroatoms. The number of ether oxygens (including phenoxy) is 2. The van der Waals surface area contributed by atoms with E-state index in [0.29, 0.717) is 12.8 Å². The fourth-order valence-corrected chi connectivity index (χ4v) is 9.72. The van der Waals surface area contributed by atoms with E-state index in [1.54, 1.807) is 0 Å². The first-order valence-electron chi connectivity index (χ1n) is 21.7. The van der Waals surface area contributed by atoms with E-state index in [2.05, 4.69) is 29.9 Å². The summed E-state index contributed by atoms with van der Waals surface area (Å²) in [5.41, 5.74) is -0.561. The highest BCUT2D eigenvalue weighted by Gasteiger charge is 2.46. The van der Waals surface area contributed by atoms with Crippen molar-refractivity contribution < 1.29 is 62.4 Å². The summed E-state index contributed by atoms with van der Waals surface area (Å²) in [6.07, 6.45) is 10.8. The lowest BCUT2D eigenvalue weighted by molar-refractivity contribution is -0.0514. The Bertz CT molecular complexity index is 2100. The van der Waals surface area contributed by atoms with E-state index < -0.39 is 88.8 Å². The second-order valence-corrected chi connectivity index (χ2v) is 19.5. The number of phosphoric ester groups is 1. The van der Waals surface area contributed by atoms with Crippen LogP contribution in [0.2, 0.25) is 0 Å². The lowest BCUT2D eigenvalue weighted by Crippen LogP contribution is -2.33. The molecule has 4 aromatic rings. The topological polar surface area (TPSA) is 329 Å². The quantitative estimate of drug-likeness (QED) is 0.0300. The maximum atomic E-state index is 12.6. The Hall–Kier alpha value is -3.28.